The number of carbonyl (C=O) groups excluding carboxylic acids is 4. The van der Waals surface area contributed by atoms with Crippen molar-refractivity contribution < 1.29 is 37.9 Å². The van der Waals surface area contributed by atoms with E-state index < -0.39 is 29.3 Å². The van der Waals surface area contributed by atoms with Gasteiger partial charge in [-0.15, -0.1) is 15.8 Å². The van der Waals surface area contributed by atoms with Gasteiger partial charge >= 0.3 is 12.0 Å². The minimum absolute atomic E-state index is 0.0235. The van der Waals surface area contributed by atoms with E-state index in [1.807, 2.05) is 38.3 Å². The molecule has 0 aliphatic carbocycles. The number of pyridine rings is 1. The Hall–Kier alpha value is -4.97. The number of likely N-dealkylation sites (N-methyl/N-ethyl adjacent to an activating group) is 1. The van der Waals surface area contributed by atoms with Crippen molar-refractivity contribution in [2.45, 2.75) is 104 Å². The molecule has 2 saturated heterocycles. The summed E-state index contributed by atoms with van der Waals surface area (Å²) in [4.78, 5) is 68.2. The maximum Gasteiger partial charge on any atom is 0.320 e. The average Bonchev–Trinajstić information content (AvgIpc) is 3.96. The van der Waals surface area contributed by atoms with Crippen LogP contribution in [0.15, 0.2) is 41.9 Å². The summed E-state index contributed by atoms with van der Waals surface area (Å²) in [6.45, 7) is 14.3. The Labute approximate surface area is 372 Å². The lowest BCUT2D eigenvalue weighted by Crippen LogP contribution is -2.64. The number of amides is 4. The normalized spacial score (nSPS) is 21.8. The summed E-state index contributed by atoms with van der Waals surface area (Å²) >= 11 is 1.34. The number of nitrogens with zero attached hydrogens (tertiary/aromatic N) is 6. The highest BCUT2D eigenvalue weighted by Crippen LogP contribution is 2.42. The van der Waals surface area contributed by atoms with Crippen molar-refractivity contribution in [1.82, 2.24) is 40.3 Å². The quantitative estimate of drug-likeness (QED) is 0.140. The van der Waals surface area contributed by atoms with Crippen molar-refractivity contribution in [3.05, 3.63) is 58.2 Å². The summed E-state index contributed by atoms with van der Waals surface area (Å²) in [5.74, 6) is -1.68. The Morgan fingerprint density at radius 3 is 2.65 bits per heavy atom. The number of thiazole rings is 1. The molecular weight excluding hydrogens is 828 g/mol. The Kier molecular flexibility index (Phi) is 14.2. The van der Waals surface area contributed by atoms with Crippen LogP contribution in [-0.4, -0.2) is 118 Å². The summed E-state index contributed by atoms with van der Waals surface area (Å²) < 4.78 is 34.0. The first-order chi connectivity index (χ1) is 30.2. The first-order valence-corrected chi connectivity index (χ1v) is 22.9. The van der Waals surface area contributed by atoms with E-state index in [-0.39, 0.29) is 68.4 Å². The SMILES string of the molecule is CCn1c(-c2cccnc2[C@H](C)OC)c2c3cc(ccc31)-c1csc(n1)C[C@H](NC(=O)C(C(C)C)N(C)C(=O)N1C[C@H]3COC[C@H]31)C(=O)N(NF)CCCCC(=O)OCC(C)(C)C2. The third-order valence-corrected chi connectivity index (χ3v) is 13.5. The lowest BCUT2D eigenvalue weighted by atomic mass is 9.84. The molecule has 0 saturated carbocycles. The van der Waals surface area contributed by atoms with Crippen molar-refractivity contribution in [3.63, 3.8) is 0 Å². The Morgan fingerprint density at radius 2 is 1.94 bits per heavy atom. The molecule has 7 rings (SSSR count). The molecular formula is C46H61FN8O7S. The third-order valence-electron chi connectivity index (χ3n) is 12.7. The second kappa shape index (κ2) is 19.4. The van der Waals surface area contributed by atoms with E-state index in [4.69, 9.17) is 24.2 Å². The summed E-state index contributed by atoms with van der Waals surface area (Å²) in [7, 11) is 3.27. The average molecular weight is 889 g/mol. The monoisotopic (exact) mass is 888 g/mol. The zero-order valence-corrected chi connectivity index (χ0v) is 38.4. The van der Waals surface area contributed by atoms with Crippen LogP contribution in [0.1, 0.15) is 83.2 Å². The molecule has 2 N–H and O–H groups in total. The topological polar surface area (TPSA) is 160 Å². The summed E-state index contributed by atoms with van der Waals surface area (Å²) in [6.07, 6.45) is 2.74. The number of benzene rings is 1. The van der Waals surface area contributed by atoms with Gasteiger partial charge in [-0.1, -0.05) is 39.4 Å². The van der Waals surface area contributed by atoms with Crippen LogP contribution in [0.4, 0.5) is 9.28 Å². The first-order valence-electron chi connectivity index (χ1n) is 22.0. The number of aromatic nitrogens is 3. The van der Waals surface area contributed by atoms with E-state index in [1.165, 1.54) is 21.9 Å². The lowest BCUT2D eigenvalue weighted by molar-refractivity contribution is -0.147. The molecule has 3 aliphatic rings. The highest BCUT2D eigenvalue weighted by atomic mass is 32.1. The zero-order valence-electron chi connectivity index (χ0n) is 37.6. The van der Waals surface area contributed by atoms with Gasteiger partial charge in [-0.25, -0.2) is 14.8 Å². The number of methoxy groups -OCH3 is 1. The number of halogens is 1. The van der Waals surface area contributed by atoms with E-state index in [9.17, 15) is 23.7 Å². The van der Waals surface area contributed by atoms with Gasteiger partial charge in [0.2, 0.25) is 5.91 Å². The van der Waals surface area contributed by atoms with Crippen LogP contribution in [0.5, 0.6) is 0 Å². The van der Waals surface area contributed by atoms with Crippen LogP contribution in [0.3, 0.4) is 0 Å². The predicted octanol–water partition coefficient (Wildman–Crippen LogP) is 6.50. The molecule has 63 heavy (non-hydrogen) atoms. The molecule has 6 heterocycles. The highest BCUT2D eigenvalue weighted by molar-refractivity contribution is 7.10. The van der Waals surface area contributed by atoms with Gasteiger partial charge in [0.1, 0.15) is 12.1 Å². The number of rotatable bonds is 9. The smallest absolute Gasteiger partial charge is 0.320 e. The maximum atomic E-state index is 14.5. The van der Waals surface area contributed by atoms with Gasteiger partial charge < -0.3 is 33.9 Å². The van der Waals surface area contributed by atoms with Crippen LogP contribution in [0.25, 0.3) is 33.4 Å². The summed E-state index contributed by atoms with van der Waals surface area (Å²) in [6, 6.07) is 7.79. The van der Waals surface area contributed by atoms with Crippen LogP contribution in [0, 0.1) is 17.3 Å². The largest absolute Gasteiger partial charge is 0.465 e. The molecule has 4 aromatic rings. The van der Waals surface area contributed by atoms with Gasteiger partial charge in [0.15, 0.2) is 0 Å². The number of likely N-dealkylation sites (tertiary alicyclic amines) is 1. The third kappa shape index (κ3) is 9.61. The Balaban J connectivity index is 1.26. The van der Waals surface area contributed by atoms with Crippen molar-refractivity contribution in [2.24, 2.45) is 17.3 Å². The molecule has 15 nitrogen and oxygen atoms in total. The summed E-state index contributed by atoms with van der Waals surface area (Å²) in [5, 5.41) is 7.20. The Bertz CT molecular complexity index is 2310. The molecule has 5 atom stereocenters. The molecule has 4 bridgehead atoms. The van der Waals surface area contributed by atoms with Gasteiger partial charge in [0.05, 0.1) is 54.1 Å². The number of esters is 1. The number of fused-ring (bicyclic) bond motifs is 5. The molecule has 17 heteroatoms. The van der Waals surface area contributed by atoms with Gasteiger partial charge in [0, 0.05) is 91.6 Å². The number of hydrogen-bond donors (Lipinski definition) is 2. The number of urea groups is 1. The molecule has 2 fully saturated rings. The number of cyclic esters (lactones) is 1. The van der Waals surface area contributed by atoms with Crippen molar-refractivity contribution in [1.29, 1.82) is 0 Å². The second-order valence-electron chi connectivity index (χ2n) is 18.1. The number of hydrazine groups is 1. The molecule has 4 amide bonds. The van der Waals surface area contributed by atoms with Gasteiger partial charge in [0.25, 0.3) is 5.91 Å². The van der Waals surface area contributed by atoms with Crippen molar-refractivity contribution in [2.75, 3.05) is 47.1 Å². The van der Waals surface area contributed by atoms with E-state index in [2.05, 4.69) is 48.9 Å². The van der Waals surface area contributed by atoms with Gasteiger partial charge in [-0.3, -0.25) is 19.4 Å². The zero-order chi connectivity index (χ0) is 45.2. The number of ether oxygens (including phenoxy) is 3. The fourth-order valence-corrected chi connectivity index (χ4v) is 10.1. The number of aryl methyl sites for hydroxylation is 1. The molecule has 3 aliphatic heterocycles. The Morgan fingerprint density at radius 1 is 1.14 bits per heavy atom. The van der Waals surface area contributed by atoms with Crippen LogP contribution < -0.4 is 11.0 Å². The van der Waals surface area contributed by atoms with Gasteiger partial charge in [-0.2, -0.15) is 0 Å². The highest BCUT2D eigenvalue weighted by Gasteiger charge is 2.48. The van der Waals surface area contributed by atoms with E-state index in [0.717, 1.165) is 44.0 Å². The molecule has 1 aromatic carbocycles. The fraction of sp³-hybridized carbons (Fsp3) is 0.565. The first kappa shape index (κ1) is 46.0. The lowest BCUT2D eigenvalue weighted by Gasteiger charge is -2.46. The van der Waals surface area contributed by atoms with Crippen LogP contribution in [-0.2, 0) is 48.0 Å². The molecule has 0 spiro atoms. The number of carbonyl (C=O) groups is 4. The van der Waals surface area contributed by atoms with E-state index >= 15 is 0 Å². The molecule has 340 valence electrons. The van der Waals surface area contributed by atoms with E-state index in [0.29, 0.717) is 49.8 Å². The minimum atomic E-state index is -1.24. The van der Waals surface area contributed by atoms with Crippen LogP contribution in [0.2, 0.25) is 0 Å². The predicted molar refractivity (Wildman–Crippen MR) is 238 cm³/mol. The second-order valence-corrected chi connectivity index (χ2v) is 19.1. The molecule has 3 aromatic heterocycles. The molecule has 0 radical (unpaired) electrons. The van der Waals surface area contributed by atoms with E-state index in [1.54, 1.807) is 25.3 Å². The standard InChI is InChI=1S/C46H61FN8O7S/c1-9-53-36-16-15-29-19-32(36)33(42(53)31-13-12-17-48-40(31)28(4)60-8)21-46(5,6)26-62-39(56)14-10-11-18-55(51-47)44(58)34(20-38-49-35(29)25-63-38)50-43(57)41(27(2)3)52(7)45(59)54-22-30-23-61-24-37(30)54/h12-13,15-17,19,25,27-28,30,34,37,41,51H,9-11,14,18,20-24,26H2,1-8H3,(H,50,57)/t28-,30-,34-,37+,41?/m0/s1. The van der Waals surface area contributed by atoms with Crippen molar-refractivity contribution >= 4 is 46.1 Å². The van der Waals surface area contributed by atoms with Crippen LogP contribution >= 0.6 is 11.3 Å². The maximum absolute atomic E-state index is 14.5. The summed E-state index contributed by atoms with van der Waals surface area (Å²) in [5.41, 5.74) is 7.47. The number of hydrogen-bond acceptors (Lipinski definition) is 11. The molecule has 1 unspecified atom stereocenters. The fourth-order valence-electron chi connectivity index (χ4n) is 9.24. The minimum Gasteiger partial charge on any atom is -0.465 e. The van der Waals surface area contributed by atoms with Crippen molar-refractivity contribution in [3.8, 4) is 22.5 Å². The van der Waals surface area contributed by atoms with Gasteiger partial charge in [-0.05, 0) is 68.9 Å². The number of nitrogens with one attached hydrogen (secondary N) is 2.